The minimum Gasteiger partial charge on any atom is -0.329 e. The van der Waals surface area contributed by atoms with Gasteiger partial charge in [0.1, 0.15) is 0 Å². The molecule has 0 aliphatic heterocycles. The molecule has 3 nitrogen and oxygen atoms in total. The summed E-state index contributed by atoms with van der Waals surface area (Å²) in [4.78, 5) is 6.71. The predicted octanol–water partition coefficient (Wildman–Crippen LogP) is 3.20. The monoisotopic (exact) mass is 275 g/mol. The molecule has 2 N–H and O–H groups in total. The fourth-order valence-electron chi connectivity index (χ4n) is 3.54. The van der Waals surface area contributed by atoms with Crippen molar-refractivity contribution in [2.75, 3.05) is 13.1 Å². The second-order valence-corrected chi connectivity index (χ2v) is 6.33. The molecule has 0 spiro atoms. The van der Waals surface area contributed by atoms with Crippen LogP contribution in [0.2, 0.25) is 0 Å². The Labute approximate surface area is 123 Å². The van der Waals surface area contributed by atoms with Gasteiger partial charge in [-0.15, -0.1) is 0 Å². The first-order valence-corrected chi connectivity index (χ1v) is 8.04. The van der Waals surface area contributed by atoms with Crippen molar-refractivity contribution < 1.29 is 0 Å². The van der Waals surface area contributed by atoms with Gasteiger partial charge in [-0.2, -0.15) is 0 Å². The van der Waals surface area contributed by atoms with Crippen LogP contribution in [-0.4, -0.2) is 28.5 Å². The van der Waals surface area contributed by atoms with Gasteiger partial charge in [-0.3, -0.25) is 9.88 Å². The standard InChI is InChI=1S/C17H29N3/c1-3-20(13-16-7-11-19-12-8-16)17(14-18)9-4-5-15(2)6-10-17/h7-8,11-12,15H,3-6,9-10,13-14,18H2,1-2H3. The molecular weight excluding hydrogens is 246 g/mol. The fourth-order valence-corrected chi connectivity index (χ4v) is 3.54. The quantitative estimate of drug-likeness (QED) is 0.839. The minimum absolute atomic E-state index is 0.197. The average Bonchev–Trinajstić information content (AvgIpc) is 2.68. The molecule has 2 unspecified atom stereocenters. The molecule has 1 heterocycles. The van der Waals surface area contributed by atoms with Crippen molar-refractivity contribution in [3.8, 4) is 0 Å². The van der Waals surface area contributed by atoms with Crippen LogP contribution in [0.5, 0.6) is 0 Å². The van der Waals surface area contributed by atoms with Crippen molar-refractivity contribution in [3.05, 3.63) is 30.1 Å². The van der Waals surface area contributed by atoms with E-state index in [-0.39, 0.29) is 5.54 Å². The largest absolute Gasteiger partial charge is 0.329 e. The Morgan fingerprint density at radius 3 is 2.70 bits per heavy atom. The van der Waals surface area contributed by atoms with Gasteiger partial charge in [-0.1, -0.05) is 26.7 Å². The highest BCUT2D eigenvalue weighted by Crippen LogP contribution is 2.35. The Morgan fingerprint density at radius 2 is 2.05 bits per heavy atom. The van der Waals surface area contributed by atoms with Crippen LogP contribution in [-0.2, 0) is 6.54 Å². The molecule has 3 heteroatoms. The number of aromatic nitrogens is 1. The van der Waals surface area contributed by atoms with E-state index < -0.39 is 0 Å². The van der Waals surface area contributed by atoms with E-state index in [1.165, 1.54) is 37.7 Å². The third kappa shape index (κ3) is 3.58. The van der Waals surface area contributed by atoms with Crippen molar-refractivity contribution in [3.63, 3.8) is 0 Å². The van der Waals surface area contributed by atoms with Crippen LogP contribution in [0.15, 0.2) is 24.5 Å². The van der Waals surface area contributed by atoms with Crippen LogP contribution in [0.1, 0.15) is 51.5 Å². The predicted molar refractivity (Wildman–Crippen MR) is 84.4 cm³/mol. The summed E-state index contributed by atoms with van der Waals surface area (Å²) in [7, 11) is 0. The summed E-state index contributed by atoms with van der Waals surface area (Å²) >= 11 is 0. The van der Waals surface area contributed by atoms with Crippen LogP contribution >= 0.6 is 0 Å². The molecule has 1 aromatic rings. The Hall–Kier alpha value is -0.930. The summed E-state index contributed by atoms with van der Waals surface area (Å²) in [5.41, 5.74) is 7.77. The van der Waals surface area contributed by atoms with Crippen molar-refractivity contribution in [2.24, 2.45) is 11.7 Å². The summed E-state index contributed by atoms with van der Waals surface area (Å²) in [6, 6.07) is 4.23. The van der Waals surface area contributed by atoms with Crippen LogP contribution in [0.3, 0.4) is 0 Å². The number of nitrogens with zero attached hydrogens (tertiary/aromatic N) is 2. The maximum atomic E-state index is 6.23. The van der Waals surface area contributed by atoms with E-state index in [4.69, 9.17) is 5.73 Å². The summed E-state index contributed by atoms with van der Waals surface area (Å²) in [5, 5.41) is 0. The number of rotatable bonds is 5. The maximum absolute atomic E-state index is 6.23. The average molecular weight is 275 g/mol. The van der Waals surface area contributed by atoms with Gasteiger partial charge in [-0.05, 0) is 49.4 Å². The molecule has 1 aromatic heterocycles. The highest BCUT2D eigenvalue weighted by Gasteiger charge is 2.36. The van der Waals surface area contributed by atoms with E-state index in [9.17, 15) is 0 Å². The van der Waals surface area contributed by atoms with Crippen LogP contribution in [0, 0.1) is 5.92 Å². The molecule has 112 valence electrons. The lowest BCUT2D eigenvalue weighted by atomic mass is 9.87. The van der Waals surface area contributed by atoms with Gasteiger partial charge in [0.15, 0.2) is 0 Å². The van der Waals surface area contributed by atoms with Gasteiger partial charge in [0.05, 0.1) is 0 Å². The van der Waals surface area contributed by atoms with Gasteiger partial charge < -0.3 is 5.73 Å². The molecular formula is C17H29N3. The van der Waals surface area contributed by atoms with Crippen molar-refractivity contribution in [2.45, 2.75) is 58.0 Å². The Kier molecular flexibility index (Phi) is 5.55. The number of pyridine rings is 1. The van der Waals surface area contributed by atoms with Crippen molar-refractivity contribution >= 4 is 0 Å². The summed E-state index contributed by atoms with van der Waals surface area (Å²) in [6.45, 7) is 7.47. The molecule has 1 fully saturated rings. The second kappa shape index (κ2) is 7.19. The van der Waals surface area contributed by atoms with Crippen LogP contribution in [0.25, 0.3) is 0 Å². The second-order valence-electron chi connectivity index (χ2n) is 6.33. The SMILES string of the molecule is CCN(Cc1ccncc1)C1(CN)CCCC(C)CC1. The first kappa shape index (κ1) is 15.5. The zero-order chi connectivity index (χ0) is 14.4. The fraction of sp³-hybridized carbons (Fsp3) is 0.706. The number of nitrogens with two attached hydrogens (primary N) is 1. The Bertz CT molecular complexity index is 392. The molecule has 20 heavy (non-hydrogen) atoms. The van der Waals surface area contributed by atoms with E-state index >= 15 is 0 Å². The minimum atomic E-state index is 0.197. The molecule has 1 aliphatic rings. The molecule has 0 saturated heterocycles. The molecule has 2 rings (SSSR count). The zero-order valence-electron chi connectivity index (χ0n) is 13.0. The molecule has 1 saturated carbocycles. The van der Waals surface area contributed by atoms with E-state index in [1.54, 1.807) is 0 Å². The third-order valence-corrected chi connectivity index (χ3v) is 5.00. The van der Waals surface area contributed by atoms with E-state index in [1.807, 2.05) is 12.4 Å². The van der Waals surface area contributed by atoms with Gasteiger partial charge >= 0.3 is 0 Å². The van der Waals surface area contributed by atoms with Crippen LogP contribution in [0.4, 0.5) is 0 Å². The lowest BCUT2D eigenvalue weighted by Gasteiger charge is -2.43. The Morgan fingerprint density at radius 1 is 1.30 bits per heavy atom. The number of likely N-dealkylation sites (N-methyl/N-ethyl adjacent to an activating group) is 1. The Balaban J connectivity index is 2.14. The summed E-state index contributed by atoms with van der Waals surface area (Å²) < 4.78 is 0. The number of hydrogen-bond donors (Lipinski definition) is 1. The first-order chi connectivity index (χ1) is 9.70. The van der Waals surface area contributed by atoms with Crippen molar-refractivity contribution in [1.29, 1.82) is 0 Å². The molecule has 0 radical (unpaired) electrons. The zero-order valence-corrected chi connectivity index (χ0v) is 13.0. The topological polar surface area (TPSA) is 42.2 Å². The smallest absolute Gasteiger partial charge is 0.0335 e. The first-order valence-electron chi connectivity index (χ1n) is 8.04. The van der Waals surface area contributed by atoms with Gasteiger partial charge in [-0.25, -0.2) is 0 Å². The molecule has 0 bridgehead atoms. The van der Waals surface area contributed by atoms with Gasteiger partial charge in [0.25, 0.3) is 0 Å². The molecule has 1 aliphatic carbocycles. The van der Waals surface area contributed by atoms with Crippen LogP contribution < -0.4 is 5.73 Å². The number of hydrogen-bond acceptors (Lipinski definition) is 3. The third-order valence-electron chi connectivity index (χ3n) is 5.00. The molecule has 0 aromatic carbocycles. The molecule has 0 amide bonds. The van der Waals surface area contributed by atoms with E-state index in [0.717, 1.165) is 25.6 Å². The molecule has 2 atom stereocenters. The lowest BCUT2D eigenvalue weighted by molar-refractivity contribution is 0.0747. The van der Waals surface area contributed by atoms with Gasteiger partial charge in [0, 0.05) is 31.0 Å². The van der Waals surface area contributed by atoms with Gasteiger partial charge in [0.2, 0.25) is 0 Å². The highest BCUT2D eigenvalue weighted by molar-refractivity contribution is 5.10. The highest BCUT2D eigenvalue weighted by atomic mass is 15.2. The van der Waals surface area contributed by atoms with Crippen molar-refractivity contribution in [1.82, 2.24) is 9.88 Å². The summed E-state index contributed by atoms with van der Waals surface area (Å²) in [5.74, 6) is 0.850. The lowest BCUT2D eigenvalue weighted by Crippen LogP contribution is -2.53. The van der Waals surface area contributed by atoms with E-state index in [0.29, 0.717) is 0 Å². The summed E-state index contributed by atoms with van der Waals surface area (Å²) in [6.07, 6.45) is 10.2. The van der Waals surface area contributed by atoms with E-state index in [2.05, 4.69) is 35.9 Å². The maximum Gasteiger partial charge on any atom is 0.0335 e. The normalized spacial score (nSPS) is 27.5.